The zero-order valence-corrected chi connectivity index (χ0v) is 17.6. The Morgan fingerprint density at radius 2 is 1.59 bits per heavy atom. The molecular formula is C26H23N3O3. The predicted molar refractivity (Wildman–Crippen MR) is 126 cm³/mol. The minimum atomic E-state index is -0.0613. The summed E-state index contributed by atoms with van der Waals surface area (Å²) < 4.78 is 12.0. The first-order valence-electron chi connectivity index (χ1n) is 10.3. The first kappa shape index (κ1) is 20.9. The lowest BCUT2D eigenvalue weighted by atomic mass is 10.1. The topological polar surface area (TPSA) is 86.5 Å². The molecule has 0 bridgehead atoms. The van der Waals surface area contributed by atoms with Crippen molar-refractivity contribution in [3.63, 3.8) is 0 Å². The highest BCUT2D eigenvalue weighted by Gasteiger charge is 2.13. The Labute approximate surface area is 186 Å². The minimum absolute atomic E-state index is 0.0613. The molecular weight excluding hydrogens is 402 g/mol. The van der Waals surface area contributed by atoms with Crippen LogP contribution in [0.1, 0.15) is 13.3 Å². The number of carbonyl (C=O) groups excluding carboxylic acids is 1. The maximum atomic E-state index is 11.7. The largest absolute Gasteiger partial charge is 0.457 e. The standard InChI is InChI=1S/C26H23N3O3/c1-2-24(30)29-19-7-6-10-22(17-19)32-23-15-16-28-26(27)25(23)18-11-13-21(14-12-18)31-20-8-4-3-5-9-20/h3-17H,2H2,1H3,(H2,27,28)(H,29,30). The Hall–Kier alpha value is -4.32. The van der Waals surface area contributed by atoms with Crippen molar-refractivity contribution in [1.82, 2.24) is 4.98 Å². The first-order valence-corrected chi connectivity index (χ1v) is 10.3. The Bertz CT molecular complexity index is 1210. The van der Waals surface area contributed by atoms with Crippen LogP contribution in [0.15, 0.2) is 91.1 Å². The highest BCUT2D eigenvalue weighted by Crippen LogP contribution is 2.38. The SMILES string of the molecule is CCC(=O)Nc1cccc(Oc2ccnc(N)c2-c2ccc(Oc3ccccc3)cc2)c1. The lowest BCUT2D eigenvalue weighted by Crippen LogP contribution is -2.09. The van der Waals surface area contributed by atoms with Gasteiger partial charge in [-0.3, -0.25) is 4.79 Å². The average molecular weight is 425 g/mol. The molecule has 6 heteroatoms. The summed E-state index contributed by atoms with van der Waals surface area (Å²) in [6, 6.07) is 26.1. The highest BCUT2D eigenvalue weighted by molar-refractivity contribution is 5.90. The summed E-state index contributed by atoms with van der Waals surface area (Å²) in [6.45, 7) is 1.80. The van der Waals surface area contributed by atoms with Crippen LogP contribution in [0.2, 0.25) is 0 Å². The van der Waals surface area contributed by atoms with E-state index < -0.39 is 0 Å². The molecule has 3 aromatic carbocycles. The molecule has 0 aliphatic heterocycles. The number of nitrogen functional groups attached to an aromatic ring is 1. The number of nitrogens with one attached hydrogen (secondary N) is 1. The van der Waals surface area contributed by atoms with Gasteiger partial charge in [0.25, 0.3) is 0 Å². The molecule has 1 aromatic heterocycles. The molecule has 1 amide bonds. The lowest BCUT2D eigenvalue weighted by Gasteiger charge is -2.14. The van der Waals surface area contributed by atoms with Crippen molar-refractivity contribution in [3.8, 4) is 34.1 Å². The summed E-state index contributed by atoms with van der Waals surface area (Å²) in [5, 5.41) is 2.83. The van der Waals surface area contributed by atoms with Crippen molar-refractivity contribution in [2.24, 2.45) is 0 Å². The third kappa shape index (κ3) is 5.05. The van der Waals surface area contributed by atoms with E-state index in [1.54, 1.807) is 25.3 Å². The zero-order valence-electron chi connectivity index (χ0n) is 17.6. The number of pyridine rings is 1. The van der Waals surface area contributed by atoms with Crippen LogP contribution < -0.4 is 20.5 Å². The van der Waals surface area contributed by atoms with Gasteiger partial charge in [-0.15, -0.1) is 0 Å². The van der Waals surface area contributed by atoms with Gasteiger partial charge in [-0.1, -0.05) is 43.3 Å². The van der Waals surface area contributed by atoms with Gasteiger partial charge < -0.3 is 20.5 Å². The molecule has 4 rings (SSSR count). The number of nitrogens with two attached hydrogens (primary N) is 1. The van der Waals surface area contributed by atoms with Crippen LogP contribution in [-0.2, 0) is 4.79 Å². The number of aromatic nitrogens is 1. The Kier molecular flexibility index (Phi) is 6.32. The Morgan fingerprint density at radius 1 is 0.875 bits per heavy atom. The molecule has 0 aliphatic rings. The molecule has 0 spiro atoms. The van der Waals surface area contributed by atoms with Gasteiger partial charge in [-0.2, -0.15) is 0 Å². The van der Waals surface area contributed by atoms with Crippen molar-refractivity contribution < 1.29 is 14.3 Å². The maximum absolute atomic E-state index is 11.7. The number of para-hydroxylation sites is 1. The second-order valence-corrected chi connectivity index (χ2v) is 7.04. The van der Waals surface area contributed by atoms with Gasteiger partial charge in [-0.25, -0.2) is 4.98 Å². The number of carbonyl (C=O) groups is 1. The minimum Gasteiger partial charge on any atom is -0.457 e. The van der Waals surface area contributed by atoms with E-state index >= 15 is 0 Å². The average Bonchev–Trinajstić information content (AvgIpc) is 2.81. The molecule has 0 saturated heterocycles. The zero-order chi connectivity index (χ0) is 22.3. The fraction of sp³-hybridized carbons (Fsp3) is 0.0769. The van der Waals surface area contributed by atoms with E-state index in [-0.39, 0.29) is 5.91 Å². The number of benzene rings is 3. The number of hydrogen-bond donors (Lipinski definition) is 2. The van der Waals surface area contributed by atoms with Crippen LogP contribution in [0.3, 0.4) is 0 Å². The molecule has 0 radical (unpaired) electrons. The van der Waals surface area contributed by atoms with E-state index in [4.69, 9.17) is 15.2 Å². The monoisotopic (exact) mass is 425 g/mol. The van der Waals surface area contributed by atoms with E-state index in [0.717, 1.165) is 11.3 Å². The summed E-state index contributed by atoms with van der Waals surface area (Å²) in [7, 11) is 0. The van der Waals surface area contributed by atoms with Crippen molar-refractivity contribution in [2.75, 3.05) is 11.1 Å². The fourth-order valence-electron chi connectivity index (χ4n) is 3.16. The molecule has 4 aromatic rings. The Morgan fingerprint density at radius 3 is 2.34 bits per heavy atom. The molecule has 0 saturated carbocycles. The third-order valence-corrected chi connectivity index (χ3v) is 4.73. The van der Waals surface area contributed by atoms with Crippen LogP contribution in [0.5, 0.6) is 23.0 Å². The number of rotatable bonds is 7. The maximum Gasteiger partial charge on any atom is 0.224 e. The summed E-state index contributed by atoms with van der Waals surface area (Å²) in [5.74, 6) is 2.91. The highest BCUT2D eigenvalue weighted by atomic mass is 16.5. The number of nitrogens with zero attached hydrogens (tertiary/aromatic N) is 1. The smallest absolute Gasteiger partial charge is 0.224 e. The lowest BCUT2D eigenvalue weighted by molar-refractivity contribution is -0.115. The second-order valence-electron chi connectivity index (χ2n) is 7.04. The van der Waals surface area contributed by atoms with Crippen molar-refractivity contribution in [1.29, 1.82) is 0 Å². The van der Waals surface area contributed by atoms with Crippen molar-refractivity contribution in [3.05, 3.63) is 91.1 Å². The predicted octanol–water partition coefficient (Wildman–Crippen LogP) is 6.26. The molecule has 0 fully saturated rings. The van der Waals surface area contributed by atoms with E-state index in [1.807, 2.05) is 72.8 Å². The van der Waals surface area contributed by atoms with Crippen molar-refractivity contribution in [2.45, 2.75) is 13.3 Å². The quantitative estimate of drug-likeness (QED) is 0.365. The number of hydrogen-bond acceptors (Lipinski definition) is 5. The number of ether oxygens (including phenoxy) is 2. The molecule has 0 aliphatic carbocycles. The molecule has 32 heavy (non-hydrogen) atoms. The summed E-state index contributed by atoms with van der Waals surface area (Å²) in [4.78, 5) is 15.9. The van der Waals surface area contributed by atoms with Gasteiger partial charge >= 0.3 is 0 Å². The fourth-order valence-corrected chi connectivity index (χ4v) is 3.16. The van der Waals surface area contributed by atoms with E-state index in [1.165, 1.54) is 0 Å². The summed E-state index contributed by atoms with van der Waals surface area (Å²) in [6.07, 6.45) is 2.00. The number of anilines is 2. The molecule has 0 atom stereocenters. The van der Waals surface area contributed by atoms with Gasteiger partial charge in [0, 0.05) is 24.4 Å². The molecule has 1 heterocycles. The van der Waals surface area contributed by atoms with Gasteiger partial charge in [-0.05, 0) is 48.0 Å². The summed E-state index contributed by atoms with van der Waals surface area (Å²) >= 11 is 0. The molecule has 6 nitrogen and oxygen atoms in total. The molecule has 160 valence electrons. The van der Waals surface area contributed by atoms with Crippen molar-refractivity contribution >= 4 is 17.4 Å². The van der Waals surface area contributed by atoms with Gasteiger partial charge in [0.2, 0.25) is 5.91 Å². The van der Waals surface area contributed by atoms with Crippen LogP contribution in [0.25, 0.3) is 11.1 Å². The number of amides is 1. The van der Waals surface area contributed by atoms with Gasteiger partial charge in [0.1, 0.15) is 28.8 Å². The van der Waals surface area contributed by atoms with Gasteiger partial charge in [0.05, 0.1) is 5.56 Å². The first-order chi connectivity index (χ1) is 15.6. The normalized spacial score (nSPS) is 10.4. The Balaban J connectivity index is 1.58. The molecule has 0 unspecified atom stereocenters. The van der Waals surface area contributed by atoms with E-state index in [9.17, 15) is 4.79 Å². The second kappa shape index (κ2) is 9.66. The van der Waals surface area contributed by atoms with Crippen LogP contribution in [0.4, 0.5) is 11.5 Å². The van der Waals surface area contributed by atoms with Crippen LogP contribution >= 0.6 is 0 Å². The van der Waals surface area contributed by atoms with Crippen LogP contribution in [-0.4, -0.2) is 10.9 Å². The van der Waals surface area contributed by atoms with E-state index in [2.05, 4.69) is 10.3 Å². The third-order valence-electron chi connectivity index (χ3n) is 4.73. The van der Waals surface area contributed by atoms with Crippen LogP contribution in [0, 0.1) is 0 Å². The molecule has 3 N–H and O–H groups in total. The van der Waals surface area contributed by atoms with E-state index in [0.29, 0.717) is 40.7 Å². The summed E-state index contributed by atoms with van der Waals surface area (Å²) in [5.41, 5.74) is 8.40. The van der Waals surface area contributed by atoms with Gasteiger partial charge in [0.15, 0.2) is 0 Å².